The zero-order chi connectivity index (χ0) is 30.7. The highest BCUT2D eigenvalue weighted by atomic mass is 127. The van der Waals surface area contributed by atoms with Crippen LogP contribution in [0, 0.1) is 10.1 Å². The average molecular weight is 714 g/mol. The van der Waals surface area contributed by atoms with Crippen LogP contribution in [0.2, 0.25) is 0 Å². The number of halogens is 1. The molecule has 13 nitrogen and oxygen atoms in total. The van der Waals surface area contributed by atoms with Crippen molar-refractivity contribution in [3.05, 3.63) is 45.0 Å². The number of aliphatic hydroxyl groups is 2. The standard InChI is InChI=1S/C28H44INO12/c29-5-7-37-9-11-39-13-15-41-17-19-42-18-16-40-14-12-38-10-8-36-6-1-2-27(33)4-3-24-20-25(22-31)26(23-32)21-28(24)30(34)35/h3-4,20-21,31-32H,1-2,5-19,22-23H2/b4-3+. The minimum Gasteiger partial charge on any atom is -0.392 e. The number of carbonyl (C=O) groups is 1. The van der Waals surface area contributed by atoms with Crippen LogP contribution in [0.25, 0.3) is 6.08 Å². The van der Waals surface area contributed by atoms with Gasteiger partial charge in [0.05, 0.1) is 110 Å². The Kier molecular flexibility index (Phi) is 24.7. The van der Waals surface area contributed by atoms with E-state index < -0.39 is 11.5 Å². The van der Waals surface area contributed by atoms with Gasteiger partial charge in [-0.2, -0.15) is 0 Å². The summed E-state index contributed by atoms with van der Waals surface area (Å²) in [5.74, 6) is -0.205. The first-order valence-corrected chi connectivity index (χ1v) is 15.4. The highest BCUT2D eigenvalue weighted by Gasteiger charge is 2.16. The number of aliphatic hydroxyl groups excluding tert-OH is 2. The van der Waals surface area contributed by atoms with E-state index in [-0.39, 0.29) is 35.6 Å². The number of nitro benzene ring substituents is 1. The van der Waals surface area contributed by atoms with E-state index >= 15 is 0 Å². The molecule has 0 fully saturated rings. The summed E-state index contributed by atoms with van der Waals surface area (Å²) in [6.45, 7) is 6.14. The zero-order valence-electron chi connectivity index (χ0n) is 24.0. The number of nitrogens with zero attached hydrogens (tertiary/aromatic N) is 1. The third-order valence-electron chi connectivity index (χ3n) is 5.50. The molecule has 14 heteroatoms. The Hall–Kier alpha value is -1.60. The number of carbonyl (C=O) groups excluding carboxylic acids is 1. The molecule has 0 aliphatic carbocycles. The van der Waals surface area contributed by atoms with Crippen molar-refractivity contribution in [3.63, 3.8) is 0 Å². The number of ketones is 1. The van der Waals surface area contributed by atoms with Gasteiger partial charge in [0.2, 0.25) is 0 Å². The summed E-state index contributed by atoms with van der Waals surface area (Å²) in [7, 11) is 0. The predicted octanol–water partition coefficient (Wildman–Crippen LogP) is 2.49. The fourth-order valence-electron chi connectivity index (χ4n) is 3.37. The molecule has 0 atom stereocenters. The summed E-state index contributed by atoms with van der Waals surface area (Å²) in [5.41, 5.74) is 0.576. The largest absolute Gasteiger partial charge is 0.392 e. The van der Waals surface area contributed by atoms with Gasteiger partial charge in [-0.25, -0.2) is 0 Å². The molecule has 0 aliphatic rings. The van der Waals surface area contributed by atoms with E-state index in [1.807, 2.05) is 0 Å². The van der Waals surface area contributed by atoms with Crippen molar-refractivity contribution in [2.24, 2.45) is 0 Å². The second-order valence-electron chi connectivity index (χ2n) is 8.63. The van der Waals surface area contributed by atoms with Crippen LogP contribution in [0.1, 0.15) is 29.5 Å². The topological polar surface area (TPSA) is 165 Å². The molecule has 2 N–H and O–H groups in total. The van der Waals surface area contributed by atoms with Gasteiger partial charge < -0.3 is 43.4 Å². The molecule has 1 aromatic rings. The molecule has 0 saturated carbocycles. The Morgan fingerprint density at radius 2 is 1.12 bits per heavy atom. The van der Waals surface area contributed by atoms with Crippen molar-refractivity contribution in [2.45, 2.75) is 26.1 Å². The number of ether oxygens (including phenoxy) is 7. The second kappa shape index (κ2) is 27.0. The number of hydrogen-bond donors (Lipinski definition) is 2. The van der Waals surface area contributed by atoms with E-state index in [1.54, 1.807) is 0 Å². The van der Waals surface area contributed by atoms with Crippen molar-refractivity contribution >= 4 is 40.1 Å². The van der Waals surface area contributed by atoms with Gasteiger partial charge in [-0.05, 0) is 35.8 Å². The maximum absolute atomic E-state index is 12.1. The van der Waals surface area contributed by atoms with Crippen molar-refractivity contribution in [1.29, 1.82) is 0 Å². The lowest BCUT2D eigenvalue weighted by molar-refractivity contribution is -0.385. The lowest BCUT2D eigenvalue weighted by Crippen LogP contribution is -2.14. The number of nitro groups is 1. The number of alkyl halides is 1. The third kappa shape index (κ3) is 19.6. The summed E-state index contributed by atoms with van der Waals surface area (Å²) in [4.78, 5) is 22.8. The second-order valence-corrected chi connectivity index (χ2v) is 9.71. The van der Waals surface area contributed by atoms with Gasteiger partial charge >= 0.3 is 0 Å². The fourth-order valence-corrected chi connectivity index (χ4v) is 3.68. The summed E-state index contributed by atoms with van der Waals surface area (Å²) < 4.78 is 38.8. The normalized spacial score (nSPS) is 11.5. The molecular formula is C28H44INO12. The molecule has 240 valence electrons. The van der Waals surface area contributed by atoms with E-state index in [2.05, 4.69) is 22.6 Å². The number of allylic oxidation sites excluding steroid dienone is 1. The highest BCUT2D eigenvalue weighted by molar-refractivity contribution is 14.1. The number of hydrogen-bond acceptors (Lipinski definition) is 12. The third-order valence-corrected chi connectivity index (χ3v) is 5.94. The summed E-state index contributed by atoms with van der Waals surface area (Å²) in [6, 6.07) is 2.61. The first kappa shape index (κ1) is 38.4. The lowest BCUT2D eigenvalue weighted by atomic mass is 10.0. The Bertz CT molecular complexity index is 887. The number of benzene rings is 1. The van der Waals surface area contributed by atoms with Gasteiger partial charge in [0, 0.05) is 23.5 Å². The molecule has 0 amide bonds. The first-order chi connectivity index (χ1) is 20.5. The molecule has 0 bridgehead atoms. The molecule has 1 rings (SSSR count). The smallest absolute Gasteiger partial charge is 0.276 e. The van der Waals surface area contributed by atoms with Crippen LogP contribution in [-0.2, 0) is 51.2 Å². The highest BCUT2D eigenvalue weighted by Crippen LogP contribution is 2.25. The molecule has 0 heterocycles. The van der Waals surface area contributed by atoms with Gasteiger partial charge in [-0.15, -0.1) is 0 Å². The first-order valence-electron chi connectivity index (χ1n) is 13.9. The maximum Gasteiger partial charge on any atom is 0.276 e. The minimum absolute atomic E-state index is 0.186. The van der Waals surface area contributed by atoms with E-state index in [1.165, 1.54) is 24.3 Å². The summed E-state index contributed by atoms with van der Waals surface area (Å²) in [6.07, 6.45) is 3.34. The molecular weight excluding hydrogens is 669 g/mol. The fraction of sp³-hybridized carbons (Fsp3) is 0.679. The van der Waals surface area contributed by atoms with Crippen molar-refractivity contribution in [1.82, 2.24) is 0 Å². The molecule has 0 spiro atoms. The Morgan fingerprint density at radius 3 is 1.52 bits per heavy atom. The Morgan fingerprint density at radius 1 is 0.714 bits per heavy atom. The monoisotopic (exact) mass is 713 g/mol. The van der Waals surface area contributed by atoms with E-state index in [4.69, 9.17) is 33.2 Å². The van der Waals surface area contributed by atoms with Gasteiger partial charge in [0.15, 0.2) is 5.78 Å². The number of rotatable bonds is 29. The minimum atomic E-state index is -0.592. The van der Waals surface area contributed by atoms with E-state index in [0.717, 1.165) is 11.0 Å². The molecule has 1 aromatic carbocycles. The molecule has 0 unspecified atom stereocenters. The molecule has 0 radical (unpaired) electrons. The van der Waals surface area contributed by atoms with Crippen LogP contribution < -0.4 is 0 Å². The van der Waals surface area contributed by atoms with Crippen LogP contribution in [-0.4, -0.2) is 118 Å². The van der Waals surface area contributed by atoms with Gasteiger partial charge in [-0.1, -0.05) is 22.6 Å². The summed E-state index contributed by atoms with van der Waals surface area (Å²) >= 11 is 2.26. The SMILES string of the molecule is O=C(/C=C/c1cc(CO)c(CO)cc1[N+](=O)[O-])CCCOCCOCCOCCOCCOCCOCCOCCI. The predicted molar refractivity (Wildman–Crippen MR) is 163 cm³/mol. The summed E-state index contributed by atoms with van der Waals surface area (Å²) in [5, 5.41) is 30.0. The molecule has 0 aliphatic heterocycles. The van der Waals surface area contributed by atoms with Crippen molar-refractivity contribution < 1.29 is 53.1 Å². The molecule has 0 saturated heterocycles. The van der Waals surface area contributed by atoms with Crippen molar-refractivity contribution in [2.75, 3.05) is 96.9 Å². The van der Waals surface area contributed by atoms with E-state index in [0.29, 0.717) is 97.9 Å². The molecule has 0 aromatic heterocycles. The van der Waals surface area contributed by atoms with Crippen LogP contribution >= 0.6 is 22.6 Å². The van der Waals surface area contributed by atoms with Crippen LogP contribution in [0.3, 0.4) is 0 Å². The van der Waals surface area contributed by atoms with Gasteiger partial charge in [-0.3, -0.25) is 14.9 Å². The van der Waals surface area contributed by atoms with E-state index in [9.17, 15) is 25.1 Å². The van der Waals surface area contributed by atoms with Crippen LogP contribution in [0.4, 0.5) is 5.69 Å². The zero-order valence-corrected chi connectivity index (χ0v) is 26.2. The van der Waals surface area contributed by atoms with Crippen molar-refractivity contribution in [3.8, 4) is 0 Å². The van der Waals surface area contributed by atoms with Crippen LogP contribution in [0.5, 0.6) is 0 Å². The van der Waals surface area contributed by atoms with Gasteiger partial charge in [0.1, 0.15) is 0 Å². The lowest BCUT2D eigenvalue weighted by Gasteiger charge is -2.08. The maximum atomic E-state index is 12.1. The Labute approximate surface area is 260 Å². The molecule has 42 heavy (non-hydrogen) atoms. The van der Waals surface area contributed by atoms with Crippen LogP contribution in [0.15, 0.2) is 18.2 Å². The van der Waals surface area contributed by atoms with Gasteiger partial charge in [0.25, 0.3) is 5.69 Å². The Balaban J connectivity index is 1.95. The average Bonchev–Trinajstić information content (AvgIpc) is 2.99. The quantitative estimate of drug-likeness (QED) is 0.0312.